The van der Waals surface area contributed by atoms with Crippen LogP contribution in [0.25, 0.3) is 32.7 Å². The van der Waals surface area contributed by atoms with Crippen LogP contribution in [-0.4, -0.2) is 148 Å². The second-order valence-electron chi connectivity index (χ2n) is 23.8. The van der Waals surface area contributed by atoms with E-state index in [0.717, 1.165) is 32.7 Å². The van der Waals surface area contributed by atoms with E-state index in [4.69, 9.17) is 34.4 Å². The molecule has 8 amide bonds. The van der Waals surface area contributed by atoms with Gasteiger partial charge in [-0.15, -0.1) is 0 Å². The van der Waals surface area contributed by atoms with E-state index in [1.165, 1.54) is 0 Å². The predicted octanol–water partition coefficient (Wildman–Crippen LogP) is 0.303. The maximum Gasteiger partial charge on any atom is 0.243 e. The van der Waals surface area contributed by atoms with Crippen LogP contribution in [0.15, 0.2) is 106 Å². The van der Waals surface area contributed by atoms with Gasteiger partial charge in [0.05, 0.1) is 0 Å². The molecule has 4 heterocycles. The number of benzene rings is 3. The van der Waals surface area contributed by atoms with Crippen molar-refractivity contribution < 1.29 is 38.4 Å². The molecule has 1 saturated heterocycles. The lowest BCUT2D eigenvalue weighted by Gasteiger charge is -2.30. The summed E-state index contributed by atoms with van der Waals surface area (Å²) in [4.78, 5) is 142. The normalized spacial score (nSPS) is 21.2. The number of aromatic amines is 3. The molecular weight excluding hydrogens is 1160 g/mol. The molecule has 1 fully saturated rings. The van der Waals surface area contributed by atoms with Crippen LogP contribution in [-0.2, 0) is 57.6 Å². The molecule has 8 atom stereocenters. The van der Waals surface area contributed by atoms with Crippen LogP contribution in [0.2, 0.25) is 0 Å². The number of para-hydroxylation sites is 3. The van der Waals surface area contributed by atoms with Crippen LogP contribution in [0.5, 0.6) is 0 Å². The monoisotopic (exact) mass is 1250 g/mol. The SMILES string of the molecule is CC(C)C[C@H]1NC(=O)[C@H](Cc2c[nH]c3ccccc23)NC(=O)[C@@H](CCCN=C(N)N)NC(=O)[C@H](CCCN=C(N)N)NC(=O)[C@@H](CCCN=C(N)N)NC(=O)[C@H](Cc2c[nH]c3ccccc23)NC(=O)[C@@H](CC(C)C)NC(=O)[C@H](Cc2c[nH]c3ccccc23)NC1=O. The van der Waals surface area contributed by atoms with Crippen molar-refractivity contribution in [1.82, 2.24) is 57.5 Å². The molecule has 0 spiro atoms. The Morgan fingerprint density at radius 2 is 0.582 bits per heavy atom. The predicted molar refractivity (Wildman–Crippen MR) is 350 cm³/mol. The zero-order chi connectivity index (χ0) is 65.7. The van der Waals surface area contributed by atoms with Gasteiger partial charge in [-0.2, -0.15) is 0 Å². The molecule has 23 N–H and O–H groups in total. The van der Waals surface area contributed by atoms with Crippen LogP contribution in [0, 0.1) is 11.8 Å². The van der Waals surface area contributed by atoms with E-state index >= 15 is 28.8 Å². The molecule has 91 heavy (non-hydrogen) atoms. The second kappa shape index (κ2) is 32.9. The maximum atomic E-state index is 15.2. The summed E-state index contributed by atoms with van der Waals surface area (Å²) in [5.74, 6) is -7.37. The molecule has 7 rings (SSSR count). The second-order valence-corrected chi connectivity index (χ2v) is 23.8. The third-order valence-corrected chi connectivity index (χ3v) is 15.6. The van der Waals surface area contributed by atoms with Crippen LogP contribution in [0.4, 0.5) is 0 Å². The van der Waals surface area contributed by atoms with Crippen molar-refractivity contribution >= 4 is 97.8 Å². The van der Waals surface area contributed by atoms with Gasteiger partial charge in [-0.25, -0.2) is 0 Å². The zero-order valence-corrected chi connectivity index (χ0v) is 51.9. The molecule has 1 aliphatic rings. The van der Waals surface area contributed by atoms with Gasteiger partial charge in [0, 0.05) is 90.2 Å². The molecule has 28 nitrogen and oxygen atoms in total. The molecule has 1 aliphatic heterocycles. The van der Waals surface area contributed by atoms with E-state index < -0.39 is 95.6 Å². The average Bonchev–Trinajstić information content (AvgIpc) is 1.80. The Bertz CT molecular complexity index is 3490. The van der Waals surface area contributed by atoms with E-state index in [-0.39, 0.29) is 120 Å². The fourth-order valence-electron chi connectivity index (χ4n) is 11.1. The van der Waals surface area contributed by atoms with Crippen molar-refractivity contribution in [1.29, 1.82) is 0 Å². The van der Waals surface area contributed by atoms with Gasteiger partial charge in [-0.3, -0.25) is 53.3 Å². The Morgan fingerprint density at radius 1 is 0.352 bits per heavy atom. The number of aliphatic imine (C=N–C) groups is 3. The Hall–Kier alpha value is -10.2. The molecular formula is C63H88N20O8. The number of nitrogens with two attached hydrogens (primary N) is 6. The van der Waals surface area contributed by atoms with E-state index in [2.05, 4.69) is 72.5 Å². The van der Waals surface area contributed by atoms with Gasteiger partial charge in [0.15, 0.2) is 17.9 Å². The van der Waals surface area contributed by atoms with Crippen molar-refractivity contribution in [2.75, 3.05) is 19.6 Å². The molecule has 0 bridgehead atoms. The molecule has 488 valence electrons. The number of carbonyl (C=O) groups is 8. The minimum atomic E-state index is -1.42. The number of hydrogen-bond donors (Lipinski definition) is 17. The molecule has 28 heteroatoms. The number of nitrogens with zero attached hydrogens (tertiary/aromatic N) is 3. The van der Waals surface area contributed by atoms with Gasteiger partial charge in [0.25, 0.3) is 0 Å². The molecule has 6 aromatic rings. The standard InChI is InChI=1S/C63H88N20O8/c1-34(2)26-48-56(87)82-50(28-36-31-73-42-17-8-5-14-39(36)42)58(89)78-46(21-12-24-71-62(66)67)54(85)76-45(20-11-23-70-61(64)65)53(84)77-47(22-13-25-72-63(68)69)55(86)81-51(29-37-32-74-43-18-9-6-15-40(37)43)59(90)79-49(27-35(3)4)57(88)83-52(60(91)80-48)30-38-33-75-44-19-10-7-16-41(38)44/h5-10,14-19,31-35,45-52,73-75H,11-13,20-30H2,1-4H3,(H,76,85)(H,77,84)(H,78,89)(H,79,90)(H,80,91)(H,81,86)(H,82,87)(H,83,88)(H4,64,65,70)(H4,66,67,71)(H4,68,69,72)/t45-,46+,47+,48+,49+,50-,51-,52-/m0/s1. The smallest absolute Gasteiger partial charge is 0.243 e. The summed E-state index contributed by atoms with van der Waals surface area (Å²) in [6.07, 6.45) is 5.12. The number of hydrogen-bond acceptors (Lipinski definition) is 11. The van der Waals surface area contributed by atoms with Crippen LogP contribution in [0.3, 0.4) is 0 Å². The highest BCUT2D eigenvalue weighted by molar-refractivity contribution is 6.00. The summed E-state index contributed by atoms with van der Waals surface area (Å²) in [6, 6.07) is 11.1. The summed E-state index contributed by atoms with van der Waals surface area (Å²) in [7, 11) is 0. The van der Waals surface area contributed by atoms with E-state index in [1.54, 1.807) is 18.6 Å². The number of guanidine groups is 3. The van der Waals surface area contributed by atoms with Gasteiger partial charge in [-0.05, 0) is 98.1 Å². The highest BCUT2D eigenvalue weighted by atomic mass is 16.2. The van der Waals surface area contributed by atoms with Gasteiger partial charge in [-0.1, -0.05) is 82.3 Å². The molecule has 0 radical (unpaired) electrons. The Balaban J connectivity index is 1.35. The summed E-state index contributed by atoms with van der Waals surface area (Å²) in [5.41, 5.74) is 38.2. The van der Waals surface area contributed by atoms with Gasteiger partial charge in [0.2, 0.25) is 47.3 Å². The van der Waals surface area contributed by atoms with Crippen molar-refractivity contribution in [2.24, 2.45) is 61.2 Å². The first-order valence-corrected chi connectivity index (χ1v) is 30.8. The molecule has 3 aromatic carbocycles. The van der Waals surface area contributed by atoms with Crippen molar-refractivity contribution in [2.45, 2.75) is 147 Å². The number of fused-ring (bicyclic) bond motifs is 3. The van der Waals surface area contributed by atoms with Gasteiger partial charge >= 0.3 is 0 Å². The lowest BCUT2D eigenvalue weighted by molar-refractivity contribution is -0.137. The maximum absolute atomic E-state index is 15.2. The number of amides is 8. The zero-order valence-electron chi connectivity index (χ0n) is 51.9. The summed E-state index contributed by atoms with van der Waals surface area (Å²) >= 11 is 0. The fraction of sp³-hybridized carbons (Fsp3) is 0.444. The topological polar surface area (TPSA) is 473 Å². The summed E-state index contributed by atoms with van der Waals surface area (Å²) < 4.78 is 0. The largest absolute Gasteiger partial charge is 0.370 e. The van der Waals surface area contributed by atoms with Crippen LogP contribution in [0.1, 0.15) is 95.8 Å². The molecule has 0 unspecified atom stereocenters. The first kappa shape index (κ1) is 68.3. The lowest BCUT2D eigenvalue weighted by atomic mass is 9.98. The first-order valence-electron chi connectivity index (χ1n) is 30.8. The lowest BCUT2D eigenvalue weighted by Crippen LogP contribution is -2.62. The number of rotatable bonds is 22. The van der Waals surface area contributed by atoms with Gasteiger partial charge in [0.1, 0.15) is 48.3 Å². The highest BCUT2D eigenvalue weighted by Crippen LogP contribution is 2.24. The fourth-order valence-corrected chi connectivity index (χ4v) is 11.1. The quantitative estimate of drug-likeness (QED) is 0.0247. The molecule has 3 aromatic heterocycles. The minimum absolute atomic E-state index is 0.0295. The number of H-pyrrole nitrogens is 3. The minimum Gasteiger partial charge on any atom is -0.370 e. The Morgan fingerprint density at radius 3 is 0.846 bits per heavy atom. The van der Waals surface area contributed by atoms with Crippen molar-refractivity contribution in [3.63, 3.8) is 0 Å². The highest BCUT2D eigenvalue weighted by Gasteiger charge is 2.37. The van der Waals surface area contributed by atoms with E-state index in [9.17, 15) is 9.59 Å². The summed E-state index contributed by atoms with van der Waals surface area (Å²) in [5, 5.41) is 25.2. The van der Waals surface area contributed by atoms with Crippen LogP contribution < -0.4 is 76.9 Å². The Kier molecular flexibility index (Phi) is 24.7. The molecule has 0 saturated carbocycles. The van der Waals surface area contributed by atoms with Gasteiger partial charge < -0.3 is 91.9 Å². The first-order chi connectivity index (χ1) is 43.5. The Labute approximate surface area is 527 Å². The van der Waals surface area contributed by atoms with Crippen molar-refractivity contribution in [3.8, 4) is 0 Å². The van der Waals surface area contributed by atoms with E-state index in [0.29, 0.717) is 16.7 Å². The van der Waals surface area contributed by atoms with Crippen LogP contribution >= 0.6 is 0 Å². The average molecular weight is 1250 g/mol. The summed E-state index contributed by atoms with van der Waals surface area (Å²) in [6.45, 7) is 7.52. The number of carbonyl (C=O) groups excluding carboxylic acids is 8. The third-order valence-electron chi connectivity index (χ3n) is 15.6. The molecule has 0 aliphatic carbocycles. The third kappa shape index (κ3) is 20.2. The number of aromatic nitrogens is 3. The van der Waals surface area contributed by atoms with Crippen molar-refractivity contribution in [3.05, 3.63) is 108 Å². The van der Waals surface area contributed by atoms with E-state index in [1.807, 2.05) is 100 Å². The number of nitrogens with one attached hydrogen (secondary N) is 11.